The van der Waals surface area contributed by atoms with Gasteiger partial charge < -0.3 is 15.0 Å². The van der Waals surface area contributed by atoms with E-state index in [2.05, 4.69) is 0 Å². The molecule has 110 valence electrons. The minimum Gasteiger partial charge on any atom is -0.496 e. The summed E-state index contributed by atoms with van der Waals surface area (Å²) in [7, 11) is 1.62. The van der Waals surface area contributed by atoms with Gasteiger partial charge in [-0.05, 0) is 38.1 Å². The number of benzene rings is 1. The summed E-state index contributed by atoms with van der Waals surface area (Å²) < 4.78 is 7.06. The molecule has 1 aromatic carbocycles. The van der Waals surface area contributed by atoms with Gasteiger partial charge in [-0.15, -0.1) is 0 Å². The zero-order valence-corrected chi connectivity index (χ0v) is 13.2. The van der Waals surface area contributed by atoms with Crippen LogP contribution in [-0.2, 0) is 6.54 Å². The van der Waals surface area contributed by atoms with Gasteiger partial charge in [-0.1, -0.05) is 23.8 Å². The molecule has 0 aliphatic rings. The fourth-order valence-corrected chi connectivity index (χ4v) is 2.49. The van der Waals surface area contributed by atoms with Gasteiger partial charge in [0.15, 0.2) is 0 Å². The third-order valence-corrected chi connectivity index (χ3v) is 3.61. The van der Waals surface area contributed by atoms with Gasteiger partial charge in [0, 0.05) is 12.1 Å². The van der Waals surface area contributed by atoms with E-state index in [1.54, 1.807) is 17.7 Å². The molecule has 0 radical (unpaired) electrons. The van der Waals surface area contributed by atoms with Crippen molar-refractivity contribution in [2.45, 2.75) is 20.4 Å². The van der Waals surface area contributed by atoms with Crippen LogP contribution in [0.2, 0.25) is 0 Å². The van der Waals surface area contributed by atoms with Crippen LogP contribution < -0.4 is 16.0 Å². The van der Waals surface area contributed by atoms with E-state index in [1.165, 1.54) is 0 Å². The summed E-state index contributed by atoms with van der Waals surface area (Å²) in [4.78, 5) is 12.6. The summed E-state index contributed by atoms with van der Waals surface area (Å²) in [6.45, 7) is 4.44. The monoisotopic (exact) mass is 302 g/mol. The van der Waals surface area contributed by atoms with Crippen LogP contribution >= 0.6 is 12.2 Å². The number of hydrogen-bond donors (Lipinski definition) is 1. The molecule has 0 bridgehead atoms. The van der Waals surface area contributed by atoms with E-state index in [0.717, 1.165) is 22.6 Å². The lowest BCUT2D eigenvalue weighted by Crippen LogP contribution is -2.29. The zero-order valence-electron chi connectivity index (χ0n) is 12.3. The molecule has 2 N–H and O–H groups in total. The van der Waals surface area contributed by atoms with Crippen molar-refractivity contribution in [1.29, 1.82) is 0 Å². The first-order valence-corrected chi connectivity index (χ1v) is 7.09. The predicted molar refractivity (Wildman–Crippen MR) is 89.0 cm³/mol. The number of aromatic nitrogens is 1. The maximum atomic E-state index is 12.5. The maximum Gasteiger partial charge on any atom is 0.261 e. The van der Waals surface area contributed by atoms with Gasteiger partial charge in [0.05, 0.1) is 18.4 Å². The molecule has 2 aromatic rings. The first-order chi connectivity index (χ1) is 9.99. The molecule has 2 rings (SSSR count). The van der Waals surface area contributed by atoms with Crippen molar-refractivity contribution in [2.75, 3.05) is 7.11 Å². The number of rotatable bonds is 4. The summed E-state index contributed by atoms with van der Waals surface area (Å²) in [5, 5.41) is 0. The first-order valence-electron chi connectivity index (χ1n) is 6.68. The van der Waals surface area contributed by atoms with Crippen LogP contribution in [0.1, 0.15) is 18.1 Å². The average Bonchev–Trinajstić information content (AvgIpc) is 2.46. The highest BCUT2D eigenvalue weighted by molar-refractivity contribution is 7.80. The lowest BCUT2D eigenvalue weighted by atomic mass is 10.1. The molecule has 0 aliphatic carbocycles. The smallest absolute Gasteiger partial charge is 0.261 e. The Morgan fingerprint density at radius 3 is 2.62 bits per heavy atom. The quantitative estimate of drug-likeness (QED) is 0.882. The number of pyridine rings is 1. The third kappa shape index (κ3) is 2.83. The molecule has 0 unspecified atom stereocenters. The highest BCUT2D eigenvalue weighted by Crippen LogP contribution is 2.30. The Hall–Kier alpha value is -2.14. The second kappa shape index (κ2) is 6.10. The van der Waals surface area contributed by atoms with Gasteiger partial charge in [0.2, 0.25) is 0 Å². The van der Waals surface area contributed by atoms with E-state index in [9.17, 15) is 4.79 Å². The molecule has 21 heavy (non-hydrogen) atoms. The minimum absolute atomic E-state index is 0.116. The summed E-state index contributed by atoms with van der Waals surface area (Å²) in [5.74, 6) is 0.727. The van der Waals surface area contributed by atoms with Crippen LogP contribution in [0, 0.1) is 6.92 Å². The van der Waals surface area contributed by atoms with Gasteiger partial charge in [-0.3, -0.25) is 4.79 Å². The molecular weight excluding hydrogens is 284 g/mol. The van der Waals surface area contributed by atoms with Gasteiger partial charge >= 0.3 is 0 Å². The summed E-state index contributed by atoms with van der Waals surface area (Å²) in [5.41, 5.74) is 8.56. The summed E-state index contributed by atoms with van der Waals surface area (Å²) in [6, 6.07) is 9.40. The van der Waals surface area contributed by atoms with Crippen molar-refractivity contribution in [1.82, 2.24) is 4.57 Å². The van der Waals surface area contributed by atoms with E-state index in [1.807, 2.05) is 38.1 Å². The number of methoxy groups -OCH3 is 1. The molecule has 1 aromatic heterocycles. The van der Waals surface area contributed by atoms with Crippen molar-refractivity contribution >= 4 is 17.2 Å². The Morgan fingerprint density at radius 2 is 2.05 bits per heavy atom. The number of ether oxygens (including phenoxy) is 1. The highest BCUT2D eigenvalue weighted by atomic mass is 32.1. The van der Waals surface area contributed by atoms with E-state index >= 15 is 0 Å². The number of hydrogen-bond acceptors (Lipinski definition) is 3. The van der Waals surface area contributed by atoms with Crippen LogP contribution in [0.15, 0.2) is 35.1 Å². The van der Waals surface area contributed by atoms with Gasteiger partial charge in [0.25, 0.3) is 5.56 Å². The Labute approximate surface area is 129 Å². The molecule has 0 fully saturated rings. The van der Waals surface area contributed by atoms with Crippen LogP contribution in [0.25, 0.3) is 11.3 Å². The van der Waals surface area contributed by atoms with E-state index in [4.69, 9.17) is 22.7 Å². The molecule has 4 nitrogen and oxygen atoms in total. The fraction of sp³-hybridized carbons (Fsp3) is 0.250. The van der Waals surface area contributed by atoms with Crippen molar-refractivity contribution in [3.8, 4) is 17.0 Å². The van der Waals surface area contributed by atoms with Crippen LogP contribution in [-0.4, -0.2) is 16.7 Å². The zero-order chi connectivity index (χ0) is 15.6. The molecule has 0 saturated heterocycles. The second-order valence-electron chi connectivity index (χ2n) is 4.75. The highest BCUT2D eigenvalue weighted by Gasteiger charge is 2.14. The molecule has 0 saturated carbocycles. The first kappa shape index (κ1) is 15.3. The fourth-order valence-electron chi connectivity index (χ4n) is 2.34. The Morgan fingerprint density at radius 1 is 1.33 bits per heavy atom. The second-order valence-corrected chi connectivity index (χ2v) is 5.19. The number of aryl methyl sites for hydroxylation is 1. The van der Waals surface area contributed by atoms with Crippen molar-refractivity contribution in [2.24, 2.45) is 5.73 Å². The standard InChI is InChI=1S/C16H18N2O2S/c1-4-18-13(7-6-11(15(17)21)16(18)19)12-9-10(2)5-8-14(12)20-3/h5-9H,4H2,1-3H3,(H2,17,21). The molecule has 0 amide bonds. The predicted octanol–water partition coefficient (Wildman–Crippen LogP) is 2.49. The van der Waals surface area contributed by atoms with Crippen LogP contribution in [0.5, 0.6) is 5.75 Å². The maximum absolute atomic E-state index is 12.5. The topological polar surface area (TPSA) is 57.2 Å². The SMILES string of the molecule is CCn1c(-c2cc(C)ccc2OC)ccc(C(N)=S)c1=O. The Bertz CT molecular complexity index is 750. The normalized spacial score (nSPS) is 10.4. The summed E-state index contributed by atoms with van der Waals surface area (Å²) >= 11 is 4.93. The molecule has 0 atom stereocenters. The Kier molecular flexibility index (Phi) is 4.43. The number of nitrogens with zero attached hydrogens (tertiary/aromatic N) is 1. The van der Waals surface area contributed by atoms with Crippen molar-refractivity contribution in [3.05, 3.63) is 51.8 Å². The van der Waals surface area contributed by atoms with Crippen molar-refractivity contribution < 1.29 is 4.74 Å². The Balaban J connectivity index is 2.76. The lowest BCUT2D eigenvalue weighted by Gasteiger charge is -2.16. The molecular formula is C16H18N2O2S. The number of thiocarbonyl (C=S) groups is 1. The lowest BCUT2D eigenvalue weighted by molar-refractivity contribution is 0.416. The van der Waals surface area contributed by atoms with Gasteiger partial charge in [-0.2, -0.15) is 0 Å². The molecule has 5 heteroatoms. The summed E-state index contributed by atoms with van der Waals surface area (Å²) in [6.07, 6.45) is 0. The largest absolute Gasteiger partial charge is 0.496 e. The van der Waals surface area contributed by atoms with E-state index < -0.39 is 0 Å². The molecule has 1 heterocycles. The van der Waals surface area contributed by atoms with Gasteiger partial charge in [0.1, 0.15) is 10.7 Å². The van der Waals surface area contributed by atoms with E-state index in [-0.39, 0.29) is 10.5 Å². The van der Waals surface area contributed by atoms with Crippen LogP contribution in [0.3, 0.4) is 0 Å². The van der Waals surface area contributed by atoms with Crippen LogP contribution in [0.4, 0.5) is 0 Å². The van der Waals surface area contributed by atoms with Gasteiger partial charge in [-0.25, -0.2) is 0 Å². The average molecular weight is 302 g/mol. The minimum atomic E-state index is -0.175. The van der Waals surface area contributed by atoms with Crippen molar-refractivity contribution in [3.63, 3.8) is 0 Å². The molecule has 0 spiro atoms. The molecule has 0 aliphatic heterocycles. The van der Waals surface area contributed by atoms with E-state index in [0.29, 0.717) is 12.1 Å². The number of nitrogens with two attached hydrogens (primary N) is 1. The third-order valence-electron chi connectivity index (χ3n) is 3.39.